The molecular formula is C29H33FN4O4. The molecule has 2 amide bonds. The highest BCUT2D eigenvalue weighted by atomic mass is 19.1. The molecule has 9 heteroatoms. The number of aliphatic hydroxyl groups is 1. The number of Topliss-reactive ketones (excluding diaryl/α,β-unsaturated/α-hetero) is 1. The quantitative estimate of drug-likeness (QED) is 0.398. The number of carbonyl (C=O) groups is 3. The standard InChI is InChI=1S/C29H33FN4O4/c1-17-14-34(18(2)13-33(17)15-20-4-7-22(30)8-5-20)28(37)26-19(3)31-25-9-6-21(12-24(25)26)27(36)29(38)32-11-10-23(35)16-32/h4-9,12,17-18,23,31,35H,10-11,13-16H2,1-3H3. The largest absolute Gasteiger partial charge is 0.391 e. The molecule has 2 aliphatic rings. The molecule has 8 nitrogen and oxygen atoms in total. The van der Waals surface area contributed by atoms with Gasteiger partial charge >= 0.3 is 0 Å². The summed E-state index contributed by atoms with van der Waals surface area (Å²) >= 11 is 0. The molecule has 0 saturated carbocycles. The van der Waals surface area contributed by atoms with E-state index >= 15 is 0 Å². The second kappa shape index (κ2) is 10.3. The molecule has 200 valence electrons. The van der Waals surface area contributed by atoms with Crippen LogP contribution in [0.3, 0.4) is 0 Å². The first kappa shape index (κ1) is 26.1. The number of likely N-dealkylation sites (tertiary alicyclic amines) is 1. The molecule has 1 aromatic heterocycles. The topological polar surface area (TPSA) is 96.9 Å². The highest BCUT2D eigenvalue weighted by molar-refractivity contribution is 6.43. The second-order valence-corrected chi connectivity index (χ2v) is 10.6. The Balaban J connectivity index is 1.36. The lowest BCUT2D eigenvalue weighted by molar-refractivity contribution is -0.125. The Bertz CT molecular complexity index is 1390. The highest BCUT2D eigenvalue weighted by Gasteiger charge is 2.35. The lowest BCUT2D eigenvalue weighted by atomic mass is 10.0. The number of nitrogens with one attached hydrogen (secondary N) is 1. The van der Waals surface area contributed by atoms with Crippen molar-refractivity contribution >= 4 is 28.5 Å². The van der Waals surface area contributed by atoms with Gasteiger partial charge in [-0.25, -0.2) is 4.39 Å². The van der Waals surface area contributed by atoms with E-state index in [1.165, 1.54) is 17.0 Å². The summed E-state index contributed by atoms with van der Waals surface area (Å²) in [6, 6.07) is 11.5. The molecule has 38 heavy (non-hydrogen) atoms. The summed E-state index contributed by atoms with van der Waals surface area (Å²) in [6.45, 7) is 8.32. The minimum atomic E-state index is -0.644. The molecule has 3 atom stereocenters. The summed E-state index contributed by atoms with van der Waals surface area (Å²) in [6.07, 6.45) is -0.145. The van der Waals surface area contributed by atoms with Gasteiger partial charge in [0, 0.05) is 67.0 Å². The van der Waals surface area contributed by atoms with E-state index in [-0.39, 0.29) is 35.9 Å². The van der Waals surface area contributed by atoms with Gasteiger partial charge < -0.3 is 19.9 Å². The van der Waals surface area contributed by atoms with Crippen LogP contribution in [0.5, 0.6) is 0 Å². The SMILES string of the molecule is Cc1[nH]c2ccc(C(=O)C(=O)N3CCC(O)C3)cc2c1C(=O)N1CC(C)N(Cc2ccc(F)cc2)CC1C. The normalized spacial score (nSPS) is 22.3. The lowest BCUT2D eigenvalue weighted by Gasteiger charge is -2.44. The van der Waals surface area contributed by atoms with Gasteiger partial charge in [-0.1, -0.05) is 12.1 Å². The van der Waals surface area contributed by atoms with Crippen molar-refractivity contribution in [2.45, 2.75) is 51.9 Å². The van der Waals surface area contributed by atoms with Crippen molar-refractivity contribution in [3.05, 3.63) is 70.7 Å². The van der Waals surface area contributed by atoms with Gasteiger partial charge in [-0.05, 0) is 63.1 Å². The zero-order valence-corrected chi connectivity index (χ0v) is 21.9. The van der Waals surface area contributed by atoms with Gasteiger partial charge in [0.25, 0.3) is 11.8 Å². The van der Waals surface area contributed by atoms with E-state index in [1.54, 1.807) is 30.3 Å². The molecule has 0 aliphatic carbocycles. The number of ketones is 1. The van der Waals surface area contributed by atoms with Gasteiger partial charge in [-0.3, -0.25) is 19.3 Å². The average molecular weight is 521 g/mol. The van der Waals surface area contributed by atoms with Crippen molar-refractivity contribution in [1.29, 1.82) is 0 Å². The second-order valence-electron chi connectivity index (χ2n) is 10.6. The number of aryl methyl sites for hydroxylation is 1. The summed E-state index contributed by atoms with van der Waals surface area (Å²) in [4.78, 5) is 48.3. The van der Waals surface area contributed by atoms with Crippen LogP contribution in [0.2, 0.25) is 0 Å². The average Bonchev–Trinajstić information content (AvgIpc) is 3.47. The third-order valence-electron chi connectivity index (χ3n) is 7.78. The monoisotopic (exact) mass is 520 g/mol. The number of aliphatic hydroxyl groups excluding tert-OH is 1. The molecule has 3 heterocycles. The fourth-order valence-corrected chi connectivity index (χ4v) is 5.61. The van der Waals surface area contributed by atoms with Crippen molar-refractivity contribution in [2.24, 2.45) is 0 Å². The Kier molecular flexibility index (Phi) is 7.07. The van der Waals surface area contributed by atoms with Gasteiger partial charge in [-0.15, -0.1) is 0 Å². The molecular weight excluding hydrogens is 487 g/mol. The smallest absolute Gasteiger partial charge is 0.295 e. The van der Waals surface area contributed by atoms with E-state index in [0.29, 0.717) is 49.2 Å². The number of carbonyl (C=O) groups excluding carboxylic acids is 3. The third kappa shape index (κ3) is 4.96. The minimum absolute atomic E-state index is 0.0588. The first-order valence-electron chi connectivity index (χ1n) is 13.1. The fourth-order valence-electron chi connectivity index (χ4n) is 5.61. The summed E-state index contributed by atoms with van der Waals surface area (Å²) < 4.78 is 13.3. The van der Waals surface area contributed by atoms with E-state index in [0.717, 1.165) is 11.1 Å². The van der Waals surface area contributed by atoms with E-state index in [2.05, 4.69) is 16.8 Å². The summed E-state index contributed by atoms with van der Waals surface area (Å²) in [5, 5.41) is 10.4. The number of fused-ring (bicyclic) bond motifs is 1. The Morgan fingerprint density at radius 1 is 1.03 bits per heavy atom. The van der Waals surface area contributed by atoms with E-state index < -0.39 is 17.8 Å². The number of benzene rings is 2. The molecule has 0 bridgehead atoms. The summed E-state index contributed by atoms with van der Waals surface area (Å²) in [7, 11) is 0. The van der Waals surface area contributed by atoms with Gasteiger partial charge in [0.05, 0.1) is 11.7 Å². The number of amides is 2. The molecule has 0 spiro atoms. The van der Waals surface area contributed by atoms with Crippen LogP contribution in [0.1, 0.15) is 52.2 Å². The first-order valence-corrected chi connectivity index (χ1v) is 13.1. The molecule has 2 fully saturated rings. The number of rotatable bonds is 5. The first-order chi connectivity index (χ1) is 18.1. The number of β-amino-alcohol motifs (C(OH)–C–C–N with tert-alkyl or cyclic N) is 1. The fraction of sp³-hybridized carbons (Fsp3) is 0.414. The van der Waals surface area contributed by atoms with Crippen LogP contribution in [-0.2, 0) is 11.3 Å². The number of H-pyrrole nitrogens is 1. The zero-order chi connectivity index (χ0) is 27.1. The zero-order valence-electron chi connectivity index (χ0n) is 21.9. The van der Waals surface area contributed by atoms with Crippen molar-refractivity contribution in [2.75, 3.05) is 26.2 Å². The maximum absolute atomic E-state index is 13.9. The predicted molar refractivity (Wildman–Crippen MR) is 141 cm³/mol. The van der Waals surface area contributed by atoms with Crippen LogP contribution < -0.4 is 0 Å². The highest BCUT2D eigenvalue weighted by Crippen LogP contribution is 2.28. The van der Waals surface area contributed by atoms with Crippen LogP contribution in [0.4, 0.5) is 4.39 Å². The van der Waals surface area contributed by atoms with Crippen LogP contribution in [0, 0.1) is 12.7 Å². The molecule has 2 N–H and O–H groups in total. The van der Waals surface area contributed by atoms with Gasteiger partial charge in [0.1, 0.15) is 5.82 Å². The number of nitrogens with zero attached hydrogens (tertiary/aromatic N) is 3. The van der Waals surface area contributed by atoms with Crippen molar-refractivity contribution in [3.63, 3.8) is 0 Å². The van der Waals surface area contributed by atoms with Gasteiger partial charge in [0.15, 0.2) is 0 Å². The van der Waals surface area contributed by atoms with Crippen LogP contribution in [-0.4, -0.2) is 86.8 Å². The predicted octanol–water partition coefficient (Wildman–Crippen LogP) is 3.13. The third-order valence-corrected chi connectivity index (χ3v) is 7.78. The Hall–Kier alpha value is -3.56. The minimum Gasteiger partial charge on any atom is -0.391 e. The Labute approximate surface area is 221 Å². The Morgan fingerprint density at radius 2 is 1.76 bits per heavy atom. The van der Waals surface area contributed by atoms with Crippen molar-refractivity contribution in [1.82, 2.24) is 19.7 Å². The van der Waals surface area contributed by atoms with Crippen LogP contribution >= 0.6 is 0 Å². The molecule has 3 unspecified atom stereocenters. The lowest BCUT2D eigenvalue weighted by Crippen LogP contribution is -2.57. The van der Waals surface area contributed by atoms with E-state index in [4.69, 9.17) is 0 Å². The Morgan fingerprint density at radius 3 is 2.45 bits per heavy atom. The molecule has 2 aliphatic heterocycles. The van der Waals surface area contributed by atoms with Crippen LogP contribution in [0.15, 0.2) is 42.5 Å². The van der Waals surface area contributed by atoms with Crippen molar-refractivity contribution < 1.29 is 23.9 Å². The molecule has 5 rings (SSSR count). The molecule has 3 aromatic rings. The molecule has 2 saturated heterocycles. The number of hydrogen-bond donors (Lipinski definition) is 2. The van der Waals surface area contributed by atoms with Gasteiger partial charge in [-0.2, -0.15) is 0 Å². The number of aromatic nitrogens is 1. The number of halogens is 1. The molecule has 0 radical (unpaired) electrons. The van der Waals surface area contributed by atoms with Gasteiger partial charge in [0.2, 0.25) is 5.78 Å². The molecule has 2 aromatic carbocycles. The van der Waals surface area contributed by atoms with Crippen LogP contribution in [0.25, 0.3) is 10.9 Å². The summed E-state index contributed by atoms with van der Waals surface area (Å²) in [5.74, 6) is -1.66. The van der Waals surface area contributed by atoms with Crippen molar-refractivity contribution in [3.8, 4) is 0 Å². The maximum atomic E-state index is 13.9. The summed E-state index contributed by atoms with van der Waals surface area (Å²) in [5.41, 5.74) is 3.18. The maximum Gasteiger partial charge on any atom is 0.295 e. The van der Waals surface area contributed by atoms with E-state index in [9.17, 15) is 23.9 Å². The van der Waals surface area contributed by atoms with E-state index in [1.807, 2.05) is 18.7 Å². The number of aromatic amines is 1. The number of piperazine rings is 1. The number of hydrogen-bond acceptors (Lipinski definition) is 5.